The Morgan fingerprint density at radius 1 is 1.21 bits per heavy atom. The summed E-state index contributed by atoms with van der Waals surface area (Å²) in [7, 11) is 4.09. The minimum atomic E-state index is 0.0673. The zero-order valence-electron chi connectivity index (χ0n) is 8.46. The van der Waals surface area contributed by atoms with Crippen molar-refractivity contribution < 1.29 is 4.74 Å². The smallest absolute Gasteiger partial charge is 0.0971 e. The van der Waals surface area contributed by atoms with Crippen molar-refractivity contribution in [1.82, 2.24) is 0 Å². The van der Waals surface area contributed by atoms with Crippen LogP contribution >= 0.6 is 15.9 Å². The van der Waals surface area contributed by atoms with Gasteiger partial charge in [0.1, 0.15) is 0 Å². The Bertz CT molecular complexity index is 317. The van der Waals surface area contributed by atoms with Crippen LogP contribution in [0.15, 0.2) is 24.3 Å². The maximum atomic E-state index is 5.21. The van der Waals surface area contributed by atoms with Crippen LogP contribution < -0.4 is 4.90 Å². The van der Waals surface area contributed by atoms with Crippen LogP contribution in [0.3, 0.4) is 0 Å². The van der Waals surface area contributed by atoms with Crippen LogP contribution in [0.1, 0.15) is 5.56 Å². The third-order valence-electron chi connectivity index (χ3n) is 2.56. The molecule has 0 radical (unpaired) electrons. The average molecular weight is 256 g/mol. The second kappa shape index (κ2) is 3.55. The van der Waals surface area contributed by atoms with Gasteiger partial charge in [-0.1, -0.05) is 28.1 Å². The fourth-order valence-corrected chi connectivity index (χ4v) is 2.09. The Balaban J connectivity index is 2.21. The molecule has 1 aromatic carbocycles. The van der Waals surface area contributed by atoms with Crippen molar-refractivity contribution in [3.63, 3.8) is 0 Å². The Hall–Kier alpha value is -0.540. The van der Waals surface area contributed by atoms with Crippen molar-refractivity contribution in [3.8, 4) is 0 Å². The highest BCUT2D eigenvalue weighted by atomic mass is 79.9. The van der Waals surface area contributed by atoms with Crippen LogP contribution in [0.25, 0.3) is 0 Å². The predicted molar refractivity (Wildman–Crippen MR) is 62.2 cm³/mol. The van der Waals surface area contributed by atoms with Gasteiger partial charge in [0.15, 0.2) is 0 Å². The summed E-state index contributed by atoms with van der Waals surface area (Å²) in [6, 6.07) is 8.59. The van der Waals surface area contributed by atoms with E-state index in [2.05, 4.69) is 45.1 Å². The lowest BCUT2D eigenvalue weighted by molar-refractivity contribution is -0.00697. The van der Waals surface area contributed by atoms with Crippen molar-refractivity contribution >= 4 is 21.6 Å². The number of benzene rings is 1. The minimum Gasteiger partial charge on any atom is -0.378 e. The highest BCUT2D eigenvalue weighted by Gasteiger charge is 2.37. The van der Waals surface area contributed by atoms with Crippen LogP contribution in [0.4, 0.5) is 5.69 Å². The molecule has 1 heterocycles. The molecule has 3 heteroatoms. The third kappa shape index (κ3) is 1.66. The van der Waals surface area contributed by atoms with Gasteiger partial charge in [0.25, 0.3) is 0 Å². The number of rotatable bonds is 2. The molecule has 14 heavy (non-hydrogen) atoms. The first-order chi connectivity index (χ1) is 6.62. The molecule has 76 valence electrons. The number of nitrogens with zero attached hydrogens (tertiary/aromatic N) is 1. The van der Waals surface area contributed by atoms with E-state index in [-0.39, 0.29) is 4.32 Å². The van der Waals surface area contributed by atoms with Crippen LogP contribution in [0.5, 0.6) is 0 Å². The monoisotopic (exact) mass is 255 g/mol. The molecule has 0 unspecified atom stereocenters. The second-order valence-electron chi connectivity index (χ2n) is 3.90. The summed E-state index contributed by atoms with van der Waals surface area (Å²) < 4.78 is 5.28. The van der Waals surface area contributed by atoms with Crippen molar-refractivity contribution in [2.45, 2.75) is 4.32 Å². The van der Waals surface area contributed by atoms with Gasteiger partial charge in [0, 0.05) is 19.8 Å². The van der Waals surface area contributed by atoms with Crippen molar-refractivity contribution in [2.75, 3.05) is 32.2 Å². The SMILES string of the molecule is CN(C)c1ccc(C2(Br)COC2)cc1. The highest BCUT2D eigenvalue weighted by Crippen LogP contribution is 2.38. The number of anilines is 1. The number of hydrogen-bond acceptors (Lipinski definition) is 2. The standard InChI is InChI=1S/C11H14BrNO/c1-13(2)10-5-3-9(4-6-10)11(12)7-14-8-11/h3-6H,7-8H2,1-2H3. The van der Waals surface area contributed by atoms with Gasteiger partial charge < -0.3 is 9.64 Å². The lowest BCUT2D eigenvalue weighted by Crippen LogP contribution is -2.40. The van der Waals surface area contributed by atoms with Gasteiger partial charge in [0.2, 0.25) is 0 Å². The molecule has 0 saturated carbocycles. The maximum Gasteiger partial charge on any atom is 0.0971 e. The highest BCUT2D eigenvalue weighted by molar-refractivity contribution is 9.09. The maximum absolute atomic E-state index is 5.21. The van der Waals surface area contributed by atoms with Gasteiger partial charge >= 0.3 is 0 Å². The van der Waals surface area contributed by atoms with Crippen molar-refractivity contribution in [2.24, 2.45) is 0 Å². The average Bonchev–Trinajstić information content (AvgIpc) is 2.14. The molecule has 0 N–H and O–H groups in total. The molecule has 0 spiro atoms. The number of alkyl halides is 1. The second-order valence-corrected chi connectivity index (χ2v) is 5.42. The first kappa shape index (κ1) is 9.99. The fourth-order valence-electron chi connectivity index (χ4n) is 1.51. The fraction of sp³-hybridized carbons (Fsp3) is 0.455. The number of ether oxygens (including phenoxy) is 1. The summed E-state index contributed by atoms with van der Waals surface area (Å²) in [6.45, 7) is 1.54. The molecular formula is C11H14BrNO. The summed E-state index contributed by atoms with van der Waals surface area (Å²) in [5.41, 5.74) is 2.53. The van der Waals surface area contributed by atoms with Crippen LogP contribution in [0, 0.1) is 0 Å². The largest absolute Gasteiger partial charge is 0.378 e. The normalized spacial score (nSPS) is 18.8. The van der Waals surface area contributed by atoms with E-state index in [0.29, 0.717) is 0 Å². The van der Waals surface area contributed by atoms with Gasteiger partial charge in [0.05, 0.1) is 17.5 Å². The predicted octanol–water partition coefficient (Wildman–Crippen LogP) is 2.37. The number of hydrogen-bond donors (Lipinski definition) is 0. The number of halogens is 1. The molecule has 0 amide bonds. The molecule has 0 atom stereocenters. The van der Waals surface area contributed by atoms with Crippen LogP contribution in [-0.4, -0.2) is 27.3 Å². The summed E-state index contributed by atoms with van der Waals surface area (Å²) in [6.07, 6.45) is 0. The summed E-state index contributed by atoms with van der Waals surface area (Å²) in [5, 5.41) is 0. The van der Waals surface area contributed by atoms with Crippen LogP contribution in [0.2, 0.25) is 0 Å². The van der Waals surface area contributed by atoms with E-state index in [0.717, 1.165) is 13.2 Å². The van der Waals surface area contributed by atoms with Gasteiger partial charge in [-0.05, 0) is 17.7 Å². The topological polar surface area (TPSA) is 12.5 Å². The van der Waals surface area contributed by atoms with Crippen molar-refractivity contribution in [3.05, 3.63) is 29.8 Å². The zero-order chi connectivity index (χ0) is 10.2. The lowest BCUT2D eigenvalue weighted by Gasteiger charge is -2.36. The first-order valence-electron chi connectivity index (χ1n) is 4.66. The Kier molecular flexibility index (Phi) is 2.54. The summed E-state index contributed by atoms with van der Waals surface area (Å²) in [5.74, 6) is 0. The molecule has 2 nitrogen and oxygen atoms in total. The minimum absolute atomic E-state index is 0.0673. The molecule has 1 saturated heterocycles. The quantitative estimate of drug-likeness (QED) is 0.753. The van der Waals surface area contributed by atoms with E-state index in [1.807, 2.05) is 14.1 Å². The first-order valence-corrected chi connectivity index (χ1v) is 5.46. The van der Waals surface area contributed by atoms with Gasteiger partial charge in [-0.25, -0.2) is 0 Å². The van der Waals surface area contributed by atoms with E-state index in [1.54, 1.807) is 0 Å². The van der Waals surface area contributed by atoms with Gasteiger partial charge in [-0.3, -0.25) is 0 Å². The Morgan fingerprint density at radius 2 is 1.79 bits per heavy atom. The molecule has 0 bridgehead atoms. The summed E-state index contributed by atoms with van der Waals surface area (Å²) in [4.78, 5) is 2.10. The molecule has 1 aromatic rings. The van der Waals surface area contributed by atoms with E-state index >= 15 is 0 Å². The lowest BCUT2D eigenvalue weighted by atomic mass is 9.97. The Morgan fingerprint density at radius 3 is 2.14 bits per heavy atom. The molecule has 0 aliphatic carbocycles. The zero-order valence-corrected chi connectivity index (χ0v) is 10.0. The molecule has 1 aliphatic heterocycles. The third-order valence-corrected chi connectivity index (χ3v) is 3.48. The van der Waals surface area contributed by atoms with Gasteiger partial charge in [-0.2, -0.15) is 0 Å². The molecule has 1 aliphatic rings. The molecular weight excluding hydrogens is 242 g/mol. The van der Waals surface area contributed by atoms with Gasteiger partial charge in [-0.15, -0.1) is 0 Å². The van der Waals surface area contributed by atoms with E-state index in [9.17, 15) is 0 Å². The summed E-state index contributed by atoms with van der Waals surface area (Å²) >= 11 is 3.70. The van der Waals surface area contributed by atoms with E-state index < -0.39 is 0 Å². The molecule has 1 fully saturated rings. The molecule has 0 aromatic heterocycles. The van der Waals surface area contributed by atoms with E-state index in [1.165, 1.54) is 11.3 Å². The van der Waals surface area contributed by atoms with Crippen LogP contribution in [-0.2, 0) is 9.06 Å². The molecule has 2 rings (SSSR count). The Labute approximate surface area is 93.0 Å². The van der Waals surface area contributed by atoms with Crippen molar-refractivity contribution in [1.29, 1.82) is 0 Å². The van der Waals surface area contributed by atoms with E-state index in [4.69, 9.17) is 4.74 Å².